The molecule has 2 aromatic rings. The van der Waals surface area contributed by atoms with Crippen molar-refractivity contribution >= 4 is 10.9 Å². The molecule has 1 aromatic carbocycles. The highest BCUT2D eigenvalue weighted by atomic mass is 15.1. The van der Waals surface area contributed by atoms with Crippen LogP contribution in [0.2, 0.25) is 0 Å². The Bertz CT molecular complexity index is 471. The van der Waals surface area contributed by atoms with Crippen LogP contribution in [0.25, 0.3) is 10.9 Å². The van der Waals surface area contributed by atoms with Crippen LogP contribution in [-0.4, -0.2) is 16.7 Å². The van der Waals surface area contributed by atoms with E-state index < -0.39 is 0 Å². The standard InChI is InChI=1S/C13H17N3/c1-2-10(1)5-6-14-8-11-3-4-12-9-15-16-13(12)7-11/h3-4,7,9-10,14H,1-2,5-6,8H2,(H,15,16). The van der Waals surface area contributed by atoms with Gasteiger partial charge in [-0.2, -0.15) is 5.10 Å². The largest absolute Gasteiger partial charge is 0.313 e. The molecule has 16 heavy (non-hydrogen) atoms. The number of aromatic amines is 1. The minimum Gasteiger partial charge on any atom is -0.313 e. The zero-order chi connectivity index (χ0) is 10.8. The Balaban J connectivity index is 1.55. The molecule has 1 fully saturated rings. The van der Waals surface area contributed by atoms with Gasteiger partial charge < -0.3 is 5.32 Å². The lowest BCUT2D eigenvalue weighted by Crippen LogP contribution is -2.15. The maximum atomic E-state index is 4.02. The number of hydrogen-bond donors (Lipinski definition) is 2. The summed E-state index contributed by atoms with van der Waals surface area (Å²) in [6.07, 6.45) is 6.09. The summed E-state index contributed by atoms with van der Waals surface area (Å²) < 4.78 is 0. The first-order valence-corrected chi connectivity index (χ1v) is 6.04. The van der Waals surface area contributed by atoms with Gasteiger partial charge in [-0.25, -0.2) is 0 Å². The number of benzene rings is 1. The predicted octanol–water partition coefficient (Wildman–Crippen LogP) is 2.45. The van der Waals surface area contributed by atoms with Crippen molar-refractivity contribution in [2.24, 2.45) is 5.92 Å². The molecular formula is C13H17N3. The van der Waals surface area contributed by atoms with E-state index in [-0.39, 0.29) is 0 Å². The maximum absolute atomic E-state index is 4.02. The van der Waals surface area contributed by atoms with Crippen molar-refractivity contribution < 1.29 is 0 Å². The highest BCUT2D eigenvalue weighted by Crippen LogP contribution is 2.31. The average Bonchev–Trinajstić information content (AvgIpc) is 3.01. The molecule has 2 N–H and O–H groups in total. The van der Waals surface area contributed by atoms with Crippen molar-refractivity contribution in [3.8, 4) is 0 Å². The van der Waals surface area contributed by atoms with E-state index in [0.717, 1.165) is 24.5 Å². The van der Waals surface area contributed by atoms with Gasteiger partial charge in [0.05, 0.1) is 11.7 Å². The van der Waals surface area contributed by atoms with E-state index in [0.29, 0.717) is 0 Å². The second-order valence-electron chi connectivity index (χ2n) is 4.70. The van der Waals surface area contributed by atoms with Crippen LogP contribution >= 0.6 is 0 Å². The third-order valence-corrected chi connectivity index (χ3v) is 3.26. The lowest BCUT2D eigenvalue weighted by Gasteiger charge is -2.04. The molecule has 3 rings (SSSR count). The van der Waals surface area contributed by atoms with Gasteiger partial charge in [0.25, 0.3) is 0 Å². The van der Waals surface area contributed by atoms with Crippen molar-refractivity contribution in [3.63, 3.8) is 0 Å². The number of aromatic nitrogens is 2. The van der Waals surface area contributed by atoms with Crippen LogP contribution in [0.15, 0.2) is 24.4 Å². The zero-order valence-electron chi connectivity index (χ0n) is 9.37. The number of rotatable bonds is 5. The van der Waals surface area contributed by atoms with Gasteiger partial charge in [0, 0.05) is 11.9 Å². The van der Waals surface area contributed by atoms with Crippen LogP contribution < -0.4 is 5.32 Å². The summed E-state index contributed by atoms with van der Waals surface area (Å²) in [4.78, 5) is 0. The minimum atomic E-state index is 0.960. The topological polar surface area (TPSA) is 40.7 Å². The highest BCUT2D eigenvalue weighted by Gasteiger charge is 2.19. The molecule has 0 radical (unpaired) electrons. The first kappa shape index (κ1) is 9.85. The molecule has 0 aliphatic heterocycles. The Hall–Kier alpha value is -1.35. The molecule has 0 unspecified atom stereocenters. The van der Waals surface area contributed by atoms with Crippen molar-refractivity contribution in [2.45, 2.75) is 25.8 Å². The molecule has 1 saturated carbocycles. The van der Waals surface area contributed by atoms with Gasteiger partial charge in [-0.3, -0.25) is 5.10 Å². The van der Waals surface area contributed by atoms with E-state index in [1.165, 1.54) is 30.2 Å². The number of nitrogens with one attached hydrogen (secondary N) is 2. The molecule has 1 aliphatic rings. The third-order valence-electron chi connectivity index (χ3n) is 3.26. The summed E-state index contributed by atoms with van der Waals surface area (Å²) in [6, 6.07) is 6.46. The second-order valence-corrected chi connectivity index (χ2v) is 4.70. The van der Waals surface area contributed by atoms with E-state index in [1.807, 2.05) is 6.20 Å². The SMILES string of the molecule is c1cc2cn[nH]c2cc1CNCCC1CC1. The normalized spacial score (nSPS) is 15.8. The molecule has 0 spiro atoms. The zero-order valence-corrected chi connectivity index (χ0v) is 9.37. The minimum absolute atomic E-state index is 0.960. The molecule has 0 amide bonds. The summed E-state index contributed by atoms with van der Waals surface area (Å²) >= 11 is 0. The second kappa shape index (κ2) is 4.26. The number of H-pyrrole nitrogens is 1. The van der Waals surface area contributed by atoms with Crippen LogP contribution in [0.4, 0.5) is 0 Å². The van der Waals surface area contributed by atoms with Gasteiger partial charge in [0.2, 0.25) is 0 Å². The third kappa shape index (κ3) is 2.25. The van der Waals surface area contributed by atoms with Gasteiger partial charge >= 0.3 is 0 Å². The first-order chi connectivity index (χ1) is 7.92. The molecule has 0 bridgehead atoms. The lowest BCUT2D eigenvalue weighted by atomic mass is 10.1. The summed E-state index contributed by atoms with van der Waals surface area (Å²) in [7, 11) is 0. The monoisotopic (exact) mass is 215 g/mol. The van der Waals surface area contributed by atoms with Crippen molar-refractivity contribution in [1.82, 2.24) is 15.5 Å². The molecule has 84 valence electrons. The van der Waals surface area contributed by atoms with E-state index in [4.69, 9.17) is 0 Å². The van der Waals surface area contributed by atoms with E-state index >= 15 is 0 Å². The summed E-state index contributed by atoms with van der Waals surface area (Å²) in [5, 5.41) is 11.7. The van der Waals surface area contributed by atoms with E-state index in [9.17, 15) is 0 Å². The summed E-state index contributed by atoms with van der Waals surface area (Å²) in [5.74, 6) is 1.02. The molecule has 0 saturated heterocycles. The predicted molar refractivity (Wildman–Crippen MR) is 65.1 cm³/mol. The molecule has 1 aliphatic carbocycles. The van der Waals surface area contributed by atoms with Crippen molar-refractivity contribution in [2.75, 3.05) is 6.54 Å². The van der Waals surface area contributed by atoms with Gasteiger partial charge in [-0.15, -0.1) is 0 Å². The number of fused-ring (bicyclic) bond motifs is 1. The van der Waals surface area contributed by atoms with Crippen molar-refractivity contribution in [1.29, 1.82) is 0 Å². The summed E-state index contributed by atoms with van der Waals surface area (Å²) in [6.45, 7) is 2.10. The molecule has 3 nitrogen and oxygen atoms in total. The van der Waals surface area contributed by atoms with Gasteiger partial charge in [0.15, 0.2) is 0 Å². The van der Waals surface area contributed by atoms with E-state index in [1.54, 1.807) is 0 Å². The Morgan fingerprint density at radius 3 is 3.19 bits per heavy atom. The van der Waals surface area contributed by atoms with Gasteiger partial charge in [0.1, 0.15) is 0 Å². The molecule has 0 atom stereocenters. The van der Waals surface area contributed by atoms with Crippen LogP contribution in [0.5, 0.6) is 0 Å². The fourth-order valence-corrected chi connectivity index (χ4v) is 2.04. The van der Waals surface area contributed by atoms with Crippen molar-refractivity contribution in [3.05, 3.63) is 30.0 Å². The van der Waals surface area contributed by atoms with Gasteiger partial charge in [-0.05, 0) is 30.5 Å². The Morgan fingerprint density at radius 1 is 1.38 bits per heavy atom. The van der Waals surface area contributed by atoms with Crippen LogP contribution in [-0.2, 0) is 6.54 Å². The maximum Gasteiger partial charge on any atom is 0.0653 e. The molecule has 1 aromatic heterocycles. The Labute approximate surface area is 95.2 Å². The van der Waals surface area contributed by atoms with Gasteiger partial charge in [-0.1, -0.05) is 25.0 Å². The number of nitrogens with zero attached hydrogens (tertiary/aromatic N) is 1. The van der Waals surface area contributed by atoms with Crippen LogP contribution in [0, 0.1) is 5.92 Å². The fraction of sp³-hybridized carbons (Fsp3) is 0.462. The molecular weight excluding hydrogens is 198 g/mol. The van der Waals surface area contributed by atoms with Crippen LogP contribution in [0.1, 0.15) is 24.8 Å². The summed E-state index contributed by atoms with van der Waals surface area (Å²) in [5.41, 5.74) is 2.45. The first-order valence-electron chi connectivity index (χ1n) is 6.04. The Kier molecular flexibility index (Phi) is 2.62. The smallest absolute Gasteiger partial charge is 0.0653 e. The molecule has 1 heterocycles. The average molecular weight is 215 g/mol. The molecule has 3 heteroatoms. The highest BCUT2D eigenvalue weighted by molar-refractivity contribution is 5.78. The van der Waals surface area contributed by atoms with E-state index in [2.05, 4.69) is 33.7 Å². The Morgan fingerprint density at radius 2 is 2.31 bits per heavy atom. The quantitative estimate of drug-likeness (QED) is 0.752. The number of hydrogen-bond acceptors (Lipinski definition) is 2. The lowest BCUT2D eigenvalue weighted by molar-refractivity contribution is 0.613. The fourth-order valence-electron chi connectivity index (χ4n) is 2.04. The van der Waals surface area contributed by atoms with Crippen LogP contribution in [0.3, 0.4) is 0 Å².